The lowest BCUT2D eigenvalue weighted by Crippen LogP contribution is -2.23. The lowest BCUT2D eigenvalue weighted by molar-refractivity contribution is 0.0950. The highest BCUT2D eigenvalue weighted by molar-refractivity contribution is 6.31. The molecule has 0 saturated heterocycles. The zero-order valence-electron chi connectivity index (χ0n) is 13.4. The van der Waals surface area contributed by atoms with Gasteiger partial charge in [-0.1, -0.05) is 35.9 Å². The molecular formula is C19H17ClN4O. The summed E-state index contributed by atoms with van der Waals surface area (Å²) < 4.78 is 0. The first-order valence-corrected chi connectivity index (χ1v) is 8.20. The fraction of sp³-hybridized carbons (Fsp3) is 0.105. The summed E-state index contributed by atoms with van der Waals surface area (Å²) in [5.41, 5.74) is 3.03. The van der Waals surface area contributed by atoms with Gasteiger partial charge in [0.15, 0.2) is 0 Å². The third kappa shape index (κ3) is 4.78. The third-order valence-corrected chi connectivity index (χ3v) is 3.97. The van der Waals surface area contributed by atoms with Crippen LogP contribution < -0.4 is 10.6 Å². The van der Waals surface area contributed by atoms with Crippen LogP contribution in [-0.2, 0) is 13.1 Å². The molecule has 0 bridgehead atoms. The van der Waals surface area contributed by atoms with Gasteiger partial charge in [0, 0.05) is 30.2 Å². The van der Waals surface area contributed by atoms with Crippen LogP contribution in [0.2, 0.25) is 5.02 Å². The minimum absolute atomic E-state index is 0.200. The summed E-state index contributed by atoms with van der Waals surface area (Å²) in [6.45, 7) is 0.928. The van der Waals surface area contributed by atoms with E-state index in [1.165, 1.54) is 6.20 Å². The highest BCUT2D eigenvalue weighted by Crippen LogP contribution is 2.15. The standard InChI is InChI=1S/C19H17ClN4O/c20-18-7-2-1-5-14(18)11-24-19(25)15-9-17(12-21-10-15)23-13-16-6-3-4-8-22-16/h1-10,12,23H,11,13H2,(H,24,25). The van der Waals surface area contributed by atoms with E-state index in [2.05, 4.69) is 20.6 Å². The van der Waals surface area contributed by atoms with Crippen LogP contribution in [0.15, 0.2) is 67.1 Å². The van der Waals surface area contributed by atoms with Gasteiger partial charge >= 0.3 is 0 Å². The molecule has 3 aromatic rings. The van der Waals surface area contributed by atoms with Gasteiger partial charge in [-0.3, -0.25) is 14.8 Å². The summed E-state index contributed by atoms with van der Waals surface area (Å²) in [5, 5.41) is 6.70. The number of pyridine rings is 2. The van der Waals surface area contributed by atoms with Gasteiger partial charge < -0.3 is 10.6 Å². The Hall–Kier alpha value is -2.92. The Labute approximate surface area is 151 Å². The minimum Gasteiger partial charge on any atom is -0.378 e. The molecule has 0 unspecified atom stereocenters. The largest absolute Gasteiger partial charge is 0.378 e. The summed E-state index contributed by atoms with van der Waals surface area (Å²) in [7, 11) is 0. The summed E-state index contributed by atoms with van der Waals surface area (Å²) >= 11 is 6.10. The van der Waals surface area contributed by atoms with Crippen LogP contribution in [0.4, 0.5) is 5.69 Å². The van der Waals surface area contributed by atoms with Crippen molar-refractivity contribution in [3.63, 3.8) is 0 Å². The second-order valence-corrected chi connectivity index (χ2v) is 5.82. The Morgan fingerprint density at radius 1 is 1.04 bits per heavy atom. The van der Waals surface area contributed by atoms with Crippen molar-refractivity contribution < 1.29 is 4.79 Å². The average molecular weight is 353 g/mol. The number of nitrogens with zero attached hydrogens (tertiary/aromatic N) is 2. The summed E-state index contributed by atoms with van der Waals surface area (Å²) in [4.78, 5) is 20.7. The Balaban J connectivity index is 1.60. The van der Waals surface area contributed by atoms with E-state index < -0.39 is 0 Å². The monoisotopic (exact) mass is 352 g/mol. The lowest BCUT2D eigenvalue weighted by Gasteiger charge is -2.09. The van der Waals surface area contributed by atoms with Crippen molar-refractivity contribution in [2.75, 3.05) is 5.32 Å². The van der Waals surface area contributed by atoms with Gasteiger partial charge in [-0.15, -0.1) is 0 Å². The van der Waals surface area contributed by atoms with Crippen LogP contribution in [0, 0.1) is 0 Å². The van der Waals surface area contributed by atoms with E-state index in [0.29, 0.717) is 23.7 Å². The maximum absolute atomic E-state index is 12.3. The predicted octanol–water partition coefficient (Wildman–Crippen LogP) is 3.67. The number of rotatable bonds is 6. The molecule has 0 saturated carbocycles. The number of hydrogen-bond donors (Lipinski definition) is 2. The van der Waals surface area contributed by atoms with Gasteiger partial charge in [0.05, 0.1) is 23.5 Å². The van der Waals surface area contributed by atoms with E-state index in [9.17, 15) is 4.79 Å². The predicted molar refractivity (Wildman–Crippen MR) is 98.4 cm³/mol. The number of anilines is 1. The lowest BCUT2D eigenvalue weighted by atomic mass is 10.2. The van der Waals surface area contributed by atoms with E-state index in [1.807, 2.05) is 36.4 Å². The van der Waals surface area contributed by atoms with Crippen molar-refractivity contribution >= 4 is 23.2 Å². The topological polar surface area (TPSA) is 66.9 Å². The number of nitrogens with one attached hydrogen (secondary N) is 2. The van der Waals surface area contributed by atoms with Crippen LogP contribution in [-0.4, -0.2) is 15.9 Å². The van der Waals surface area contributed by atoms with Crippen molar-refractivity contribution in [3.8, 4) is 0 Å². The van der Waals surface area contributed by atoms with Gasteiger partial charge in [-0.25, -0.2) is 0 Å². The molecule has 3 rings (SSSR count). The average Bonchev–Trinajstić information content (AvgIpc) is 2.66. The number of hydrogen-bond acceptors (Lipinski definition) is 4. The molecule has 0 spiro atoms. The summed E-state index contributed by atoms with van der Waals surface area (Å²) in [6.07, 6.45) is 4.95. The number of halogens is 1. The first-order chi connectivity index (χ1) is 12.2. The fourth-order valence-electron chi connectivity index (χ4n) is 2.28. The van der Waals surface area contributed by atoms with Gasteiger partial charge in [-0.05, 0) is 29.8 Å². The Bertz CT molecular complexity index is 855. The normalized spacial score (nSPS) is 10.3. The van der Waals surface area contributed by atoms with Crippen molar-refractivity contribution in [3.05, 3.63) is 89.0 Å². The molecule has 1 aromatic carbocycles. The molecule has 2 aromatic heterocycles. The van der Waals surface area contributed by atoms with Gasteiger partial charge in [0.25, 0.3) is 5.91 Å². The van der Waals surface area contributed by atoms with E-state index in [-0.39, 0.29) is 5.91 Å². The molecular weight excluding hydrogens is 336 g/mol. The molecule has 0 radical (unpaired) electrons. The maximum atomic E-state index is 12.3. The first kappa shape index (κ1) is 16.9. The molecule has 5 nitrogen and oxygen atoms in total. The molecule has 25 heavy (non-hydrogen) atoms. The number of amides is 1. The van der Waals surface area contributed by atoms with Gasteiger partial charge in [0.1, 0.15) is 0 Å². The molecule has 0 aliphatic heterocycles. The molecule has 126 valence electrons. The molecule has 0 aliphatic rings. The van der Waals surface area contributed by atoms with Crippen molar-refractivity contribution in [1.29, 1.82) is 0 Å². The molecule has 0 atom stereocenters. The quantitative estimate of drug-likeness (QED) is 0.710. The van der Waals surface area contributed by atoms with Crippen molar-refractivity contribution in [2.45, 2.75) is 13.1 Å². The molecule has 1 amide bonds. The second-order valence-electron chi connectivity index (χ2n) is 5.41. The van der Waals surface area contributed by atoms with E-state index in [1.54, 1.807) is 24.5 Å². The SMILES string of the molecule is O=C(NCc1ccccc1Cl)c1cncc(NCc2ccccn2)c1. The number of carbonyl (C=O) groups is 1. The Morgan fingerprint density at radius 3 is 2.68 bits per heavy atom. The van der Waals surface area contributed by atoms with E-state index in [4.69, 9.17) is 11.6 Å². The molecule has 0 aliphatic carbocycles. The molecule has 6 heteroatoms. The van der Waals surface area contributed by atoms with Crippen LogP contribution in [0.1, 0.15) is 21.6 Å². The van der Waals surface area contributed by atoms with Crippen molar-refractivity contribution in [2.24, 2.45) is 0 Å². The van der Waals surface area contributed by atoms with Crippen molar-refractivity contribution in [1.82, 2.24) is 15.3 Å². The van der Waals surface area contributed by atoms with Crippen LogP contribution >= 0.6 is 11.6 Å². The number of aromatic nitrogens is 2. The first-order valence-electron chi connectivity index (χ1n) is 7.83. The highest BCUT2D eigenvalue weighted by Gasteiger charge is 2.08. The van der Waals surface area contributed by atoms with Crippen LogP contribution in [0.3, 0.4) is 0 Å². The number of carbonyl (C=O) groups excluding carboxylic acids is 1. The minimum atomic E-state index is -0.200. The van der Waals surface area contributed by atoms with E-state index >= 15 is 0 Å². The maximum Gasteiger partial charge on any atom is 0.253 e. The Morgan fingerprint density at radius 2 is 1.88 bits per heavy atom. The third-order valence-electron chi connectivity index (χ3n) is 3.60. The smallest absolute Gasteiger partial charge is 0.253 e. The summed E-state index contributed by atoms with van der Waals surface area (Å²) in [5.74, 6) is -0.200. The fourth-order valence-corrected chi connectivity index (χ4v) is 2.48. The van der Waals surface area contributed by atoms with Crippen LogP contribution in [0.5, 0.6) is 0 Å². The number of benzene rings is 1. The van der Waals surface area contributed by atoms with Crippen LogP contribution in [0.25, 0.3) is 0 Å². The Kier molecular flexibility index (Phi) is 5.59. The second kappa shape index (κ2) is 8.26. The molecule has 0 fully saturated rings. The zero-order chi connectivity index (χ0) is 17.5. The van der Waals surface area contributed by atoms with E-state index in [0.717, 1.165) is 16.9 Å². The summed E-state index contributed by atoms with van der Waals surface area (Å²) in [6, 6.07) is 14.9. The molecule has 2 heterocycles. The zero-order valence-corrected chi connectivity index (χ0v) is 14.2. The van der Waals surface area contributed by atoms with Gasteiger partial charge in [-0.2, -0.15) is 0 Å². The highest BCUT2D eigenvalue weighted by atomic mass is 35.5. The van der Waals surface area contributed by atoms with Gasteiger partial charge in [0.2, 0.25) is 0 Å². The molecule has 2 N–H and O–H groups in total.